The van der Waals surface area contributed by atoms with Crippen LogP contribution in [-0.2, 0) is 4.74 Å². The summed E-state index contributed by atoms with van der Waals surface area (Å²) < 4.78 is 5.90. The van der Waals surface area contributed by atoms with Gasteiger partial charge in [-0.3, -0.25) is 0 Å². The average Bonchev–Trinajstić information content (AvgIpc) is 2.88. The molecule has 1 aromatic carbocycles. The van der Waals surface area contributed by atoms with Crippen LogP contribution in [0.3, 0.4) is 0 Å². The van der Waals surface area contributed by atoms with Gasteiger partial charge in [0.05, 0.1) is 12.1 Å². The van der Waals surface area contributed by atoms with Gasteiger partial charge in [0.25, 0.3) is 0 Å². The largest absolute Gasteiger partial charge is 0.376 e. The SMILES string of the molecule is CCCNC(c1cccc(C)c1C)C1CCCO1. The quantitative estimate of drug-likeness (QED) is 0.859. The van der Waals surface area contributed by atoms with Crippen molar-refractivity contribution in [2.24, 2.45) is 0 Å². The number of nitrogens with one attached hydrogen (secondary N) is 1. The third-order valence-corrected chi connectivity index (χ3v) is 3.93. The Labute approximate surface area is 111 Å². The van der Waals surface area contributed by atoms with Gasteiger partial charge >= 0.3 is 0 Å². The third kappa shape index (κ3) is 2.93. The van der Waals surface area contributed by atoms with Crippen LogP contribution in [0, 0.1) is 13.8 Å². The van der Waals surface area contributed by atoms with Gasteiger partial charge in [-0.15, -0.1) is 0 Å². The molecule has 0 aromatic heterocycles. The van der Waals surface area contributed by atoms with E-state index in [1.165, 1.54) is 29.5 Å². The maximum Gasteiger partial charge on any atom is 0.0770 e. The number of aryl methyl sites for hydroxylation is 1. The maximum absolute atomic E-state index is 5.90. The molecule has 0 aliphatic carbocycles. The molecule has 1 aromatic rings. The zero-order chi connectivity index (χ0) is 13.0. The monoisotopic (exact) mass is 247 g/mol. The van der Waals surface area contributed by atoms with Crippen molar-refractivity contribution in [2.45, 2.75) is 52.2 Å². The molecule has 1 N–H and O–H groups in total. The lowest BCUT2D eigenvalue weighted by molar-refractivity contribution is 0.0781. The predicted octanol–water partition coefficient (Wildman–Crippen LogP) is 3.52. The van der Waals surface area contributed by atoms with E-state index >= 15 is 0 Å². The first-order chi connectivity index (χ1) is 8.74. The molecule has 1 heterocycles. The number of hydrogen-bond donors (Lipinski definition) is 1. The van der Waals surface area contributed by atoms with E-state index in [0.29, 0.717) is 12.1 Å². The number of ether oxygens (including phenoxy) is 1. The van der Waals surface area contributed by atoms with Crippen LogP contribution < -0.4 is 5.32 Å². The van der Waals surface area contributed by atoms with E-state index in [9.17, 15) is 0 Å². The number of hydrogen-bond acceptors (Lipinski definition) is 2. The van der Waals surface area contributed by atoms with Gasteiger partial charge in [0.15, 0.2) is 0 Å². The molecule has 2 rings (SSSR count). The van der Waals surface area contributed by atoms with E-state index < -0.39 is 0 Å². The standard InChI is InChI=1S/C16H25NO/c1-4-10-17-16(15-9-6-11-18-15)14-8-5-7-12(2)13(14)3/h5,7-8,15-17H,4,6,9-11H2,1-3H3. The highest BCUT2D eigenvalue weighted by molar-refractivity contribution is 5.36. The van der Waals surface area contributed by atoms with Crippen molar-refractivity contribution in [3.8, 4) is 0 Å². The molecule has 0 saturated carbocycles. The Kier molecular flexibility index (Phi) is 4.79. The zero-order valence-corrected chi connectivity index (χ0v) is 11.8. The first kappa shape index (κ1) is 13.6. The third-order valence-electron chi connectivity index (χ3n) is 3.93. The second-order valence-corrected chi connectivity index (χ2v) is 5.27. The van der Waals surface area contributed by atoms with E-state index in [0.717, 1.165) is 19.6 Å². The Balaban J connectivity index is 2.23. The van der Waals surface area contributed by atoms with Crippen LogP contribution in [0.1, 0.15) is 48.9 Å². The molecule has 2 atom stereocenters. The van der Waals surface area contributed by atoms with Crippen LogP contribution in [0.15, 0.2) is 18.2 Å². The summed E-state index contributed by atoms with van der Waals surface area (Å²) in [7, 11) is 0. The second-order valence-electron chi connectivity index (χ2n) is 5.27. The van der Waals surface area contributed by atoms with Gasteiger partial charge in [0, 0.05) is 6.61 Å². The molecule has 0 amide bonds. The van der Waals surface area contributed by atoms with Crippen molar-refractivity contribution in [3.63, 3.8) is 0 Å². The minimum Gasteiger partial charge on any atom is -0.376 e. The molecule has 1 aliphatic rings. The van der Waals surface area contributed by atoms with Crippen LogP contribution in [0.2, 0.25) is 0 Å². The molecule has 0 bridgehead atoms. The Hall–Kier alpha value is -0.860. The number of rotatable bonds is 5. The van der Waals surface area contributed by atoms with Crippen molar-refractivity contribution in [2.75, 3.05) is 13.2 Å². The molecule has 100 valence electrons. The lowest BCUT2D eigenvalue weighted by atomic mass is 9.93. The topological polar surface area (TPSA) is 21.3 Å². The Morgan fingerprint density at radius 1 is 1.39 bits per heavy atom. The molecule has 1 aliphatic heterocycles. The smallest absolute Gasteiger partial charge is 0.0770 e. The lowest BCUT2D eigenvalue weighted by Crippen LogP contribution is -2.32. The van der Waals surface area contributed by atoms with Gasteiger partial charge < -0.3 is 10.1 Å². The average molecular weight is 247 g/mol. The molecule has 1 saturated heterocycles. The van der Waals surface area contributed by atoms with E-state index in [1.54, 1.807) is 0 Å². The summed E-state index contributed by atoms with van der Waals surface area (Å²) in [5, 5.41) is 3.67. The van der Waals surface area contributed by atoms with Crippen LogP contribution >= 0.6 is 0 Å². The molecule has 1 fully saturated rings. The van der Waals surface area contributed by atoms with Gasteiger partial charge in [-0.25, -0.2) is 0 Å². The van der Waals surface area contributed by atoms with Crippen molar-refractivity contribution < 1.29 is 4.74 Å². The molecule has 2 nitrogen and oxygen atoms in total. The predicted molar refractivity (Wildman–Crippen MR) is 75.9 cm³/mol. The fourth-order valence-electron chi connectivity index (χ4n) is 2.72. The summed E-state index contributed by atoms with van der Waals surface area (Å²) in [6.45, 7) is 8.59. The normalized spacial score (nSPS) is 21.2. The van der Waals surface area contributed by atoms with Crippen LogP contribution in [-0.4, -0.2) is 19.3 Å². The van der Waals surface area contributed by atoms with Gasteiger partial charge in [0.1, 0.15) is 0 Å². The van der Waals surface area contributed by atoms with Crippen molar-refractivity contribution in [3.05, 3.63) is 34.9 Å². The minimum atomic E-state index is 0.344. The van der Waals surface area contributed by atoms with E-state index in [4.69, 9.17) is 4.74 Å². The van der Waals surface area contributed by atoms with Crippen molar-refractivity contribution >= 4 is 0 Å². The molecular formula is C16H25NO. The summed E-state index contributed by atoms with van der Waals surface area (Å²) >= 11 is 0. The molecule has 0 spiro atoms. The summed E-state index contributed by atoms with van der Waals surface area (Å²) in [4.78, 5) is 0. The fraction of sp³-hybridized carbons (Fsp3) is 0.625. The molecule has 18 heavy (non-hydrogen) atoms. The molecular weight excluding hydrogens is 222 g/mol. The molecule has 2 heteroatoms. The molecule has 2 unspecified atom stereocenters. The maximum atomic E-state index is 5.90. The Morgan fingerprint density at radius 2 is 2.22 bits per heavy atom. The highest BCUT2D eigenvalue weighted by Gasteiger charge is 2.27. The highest BCUT2D eigenvalue weighted by atomic mass is 16.5. The van der Waals surface area contributed by atoms with Crippen LogP contribution in [0.25, 0.3) is 0 Å². The number of benzene rings is 1. The Morgan fingerprint density at radius 3 is 2.89 bits per heavy atom. The second kappa shape index (κ2) is 6.35. The van der Waals surface area contributed by atoms with Gasteiger partial charge in [-0.1, -0.05) is 25.1 Å². The lowest BCUT2D eigenvalue weighted by Gasteiger charge is -2.26. The zero-order valence-electron chi connectivity index (χ0n) is 11.8. The summed E-state index contributed by atoms with van der Waals surface area (Å²) in [6.07, 6.45) is 3.87. The Bertz CT molecular complexity index is 383. The van der Waals surface area contributed by atoms with Crippen molar-refractivity contribution in [1.29, 1.82) is 0 Å². The first-order valence-electron chi connectivity index (χ1n) is 7.15. The minimum absolute atomic E-state index is 0.344. The van der Waals surface area contributed by atoms with E-state index in [-0.39, 0.29) is 0 Å². The van der Waals surface area contributed by atoms with Crippen molar-refractivity contribution in [1.82, 2.24) is 5.32 Å². The van der Waals surface area contributed by atoms with Gasteiger partial charge in [-0.2, -0.15) is 0 Å². The van der Waals surface area contributed by atoms with Crippen LogP contribution in [0.5, 0.6) is 0 Å². The van der Waals surface area contributed by atoms with E-state index in [2.05, 4.69) is 44.3 Å². The van der Waals surface area contributed by atoms with E-state index in [1.807, 2.05) is 0 Å². The summed E-state index contributed by atoms with van der Waals surface area (Å²) in [5.74, 6) is 0. The van der Waals surface area contributed by atoms with Gasteiger partial charge in [-0.05, 0) is 56.3 Å². The summed E-state index contributed by atoms with van der Waals surface area (Å²) in [5.41, 5.74) is 4.19. The van der Waals surface area contributed by atoms with Gasteiger partial charge in [0.2, 0.25) is 0 Å². The first-order valence-corrected chi connectivity index (χ1v) is 7.15. The molecule has 0 radical (unpaired) electrons. The summed E-state index contributed by atoms with van der Waals surface area (Å²) in [6, 6.07) is 6.95. The van der Waals surface area contributed by atoms with Crippen LogP contribution in [0.4, 0.5) is 0 Å². The highest BCUT2D eigenvalue weighted by Crippen LogP contribution is 2.29. The fourth-order valence-corrected chi connectivity index (χ4v) is 2.72.